The van der Waals surface area contributed by atoms with Crippen molar-refractivity contribution in [2.75, 3.05) is 4.90 Å². The summed E-state index contributed by atoms with van der Waals surface area (Å²) in [5, 5.41) is 0.0124. The highest BCUT2D eigenvalue weighted by atomic mass is 31.2. The monoisotopic (exact) mass is 588 g/mol. The molecule has 216 valence electrons. The topological polar surface area (TPSA) is 94.2 Å². The van der Waals surface area contributed by atoms with Crippen LogP contribution in [0.1, 0.15) is 31.9 Å². The van der Waals surface area contributed by atoms with Crippen LogP contribution in [0.2, 0.25) is 0 Å². The van der Waals surface area contributed by atoms with Crippen LogP contribution in [0.15, 0.2) is 109 Å². The van der Waals surface area contributed by atoms with E-state index in [0.717, 1.165) is 11.6 Å². The first kappa shape index (κ1) is 28.9. The molecule has 0 unspecified atom stereocenters. The van der Waals surface area contributed by atoms with Crippen LogP contribution in [0, 0.1) is 5.82 Å². The van der Waals surface area contributed by atoms with Gasteiger partial charge >= 0.3 is 13.7 Å². The number of alkyl carbamates (subject to hydrolysis) is 1. The third kappa shape index (κ3) is 5.74. The summed E-state index contributed by atoms with van der Waals surface area (Å²) in [4.78, 5) is 29.5. The quantitative estimate of drug-likeness (QED) is 0.216. The molecule has 0 saturated carbocycles. The lowest BCUT2D eigenvalue weighted by atomic mass is 10.1. The van der Waals surface area contributed by atoms with Crippen molar-refractivity contribution in [1.82, 2.24) is 5.32 Å². The zero-order valence-corrected chi connectivity index (χ0v) is 24.2. The van der Waals surface area contributed by atoms with Crippen molar-refractivity contribution < 1.29 is 32.3 Å². The van der Waals surface area contributed by atoms with Gasteiger partial charge in [-0.1, -0.05) is 66.7 Å². The van der Waals surface area contributed by atoms with Crippen LogP contribution in [0.5, 0.6) is 11.5 Å². The average Bonchev–Trinajstić information content (AvgIpc) is 3.17. The molecule has 0 saturated heterocycles. The summed E-state index contributed by atoms with van der Waals surface area (Å²) in [6.07, 6.45) is -1.07. The zero-order valence-electron chi connectivity index (χ0n) is 23.3. The maximum Gasteiger partial charge on any atom is 0.470 e. The number of para-hydroxylation sites is 2. The number of ether oxygens (including phenoxy) is 1. The molecule has 8 nitrogen and oxygen atoms in total. The van der Waals surface area contributed by atoms with Gasteiger partial charge in [0.05, 0.1) is 12.2 Å². The average molecular weight is 589 g/mol. The van der Waals surface area contributed by atoms with E-state index in [1.807, 2.05) is 30.3 Å². The van der Waals surface area contributed by atoms with E-state index in [1.165, 1.54) is 41.3 Å². The molecule has 1 atom stereocenters. The Morgan fingerprint density at radius 1 is 0.857 bits per heavy atom. The smallest absolute Gasteiger partial charge is 0.444 e. The van der Waals surface area contributed by atoms with E-state index < -0.39 is 36.3 Å². The van der Waals surface area contributed by atoms with Crippen LogP contribution in [0.4, 0.5) is 14.9 Å². The first-order chi connectivity index (χ1) is 20.0. The lowest BCUT2D eigenvalue weighted by Crippen LogP contribution is -2.55. The highest BCUT2D eigenvalue weighted by Gasteiger charge is 2.68. The molecule has 2 amide bonds. The molecule has 0 aliphatic carbocycles. The lowest BCUT2D eigenvalue weighted by Gasteiger charge is -2.36. The third-order valence-corrected chi connectivity index (χ3v) is 8.68. The van der Waals surface area contributed by atoms with Gasteiger partial charge in [0.15, 0.2) is 0 Å². The van der Waals surface area contributed by atoms with Crippen LogP contribution < -0.4 is 19.3 Å². The highest BCUT2D eigenvalue weighted by molar-refractivity contribution is 7.57. The Morgan fingerprint density at radius 3 is 1.90 bits per heavy atom. The van der Waals surface area contributed by atoms with Gasteiger partial charge in [0.25, 0.3) is 11.2 Å². The Balaban J connectivity index is 1.75. The molecule has 42 heavy (non-hydrogen) atoms. The largest absolute Gasteiger partial charge is 0.470 e. The number of rotatable bonds is 8. The van der Waals surface area contributed by atoms with Gasteiger partial charge in [-0.25, -0.2) is 13.8 Å². The van der Waals surface area contributed by atoms with Crippen molar-refractivity contribution >= 4 is 25.3 Å². The van der Waals surface area contributed by atoms with Gasteiger partial charge in [0.1, 0.15) is 22.9 Å². The van der Waals surface area contributed by atoms with Crippen molar-refractivity contribution in [3.05, 3.63) is 126 Å². The Labute approximate surface area is 243 Å². The number of benzene rings is 4. The van der Waals surface area contributed by atoms with Crippen LogP contribution in [0.3, 0.4) is 0 Å². The number of fused-ring (bicyclic) bond motifs is 1. The molecule has 0 bridgehead atoms. The number of hydrogen-bond donors (Lipinski definition) is 1. The van der Waals surface area contributed by atoms with E-state index in [0.29, 0.717) is 0 Å². The molecule has 4 aromatic rings. The summed E-state index contributed by atoms with van der Waals surface area (Å²) in [6.45, 7) is 4.97. The fourth-order valence-electron chi connectivity index (χ4n) is 4.68. The minimum atomic E-state index is -4.88. The molecule has 1 aliphatic rings. The first-order valence-electron chi connectivity index (χ1n) is 13.3. The Kier molecular flexibility index (Phi) is 7.80. The van der Waals surface area contributed by atoms with Crippen molar-refractivity contribution in [2.45, 2.75) is 38.2 Å². The molecule has 5 rings (SSSR count). The molecule has 0 radical (unpaired) electrons. The second-order valence-corrected chi connectivity index (χ2v) is 12.7. The molecular weight excluding hydrogens is 558 g/mol. The van der Waals surface area contributed by atoms with Gasteiger partial charge in [-0.2, -0.15) is 0 Å². The minimum Gasteiger partial charge on any atom is -0.444 e. The number of nitrogens with one attached hydrogen (secondary N) is 1. The van der Waals surface area contributed by atoms with Gasteiger partial charge in [-0.15, -0.1) is 0 Å². The van der Waals surface area contributed by atoms with E-state index in [4.69, 9.17) is 13.8 Å². The van der Waals surface area contributed by atoms with E-state index in [9.17, 15) is 14.0 Å². The molecular formula is C32H30FN2O6P. The maximum atomic E-state index is 15.4. The van der Waals surface area contributed by atoms with E-state index >= 15 is 4.57 Å². The van der Waals surface area contributed by atoms with Crippen molar-refractivity contribution in [2.24, 2.45) is 0 Å². The molecule has 0 fully saturated rings. The van der Waals surface area contributed by atoms with Gasteiger partial charge < -0.3 is 18.7 Å². The van der Waals surface area contributed by atoms with Gasteiger partial charge in [-0.3, -0.25) is 10.1 Å². The van der Waals surface area contributed by atoms with Crippen LogP contribution in [-0.2, 0) is 25.9 Å². The normalized spacial score (nSPS) is 16.5. The van der Waals surface area contributed by atoms with Gasteiger partial charge in [-0.05, 0) is 68.8 Å². The third-order valence-electron chi connectivity index (χ3n) is 6.41. The van der Waals surface area contributed by atoms with Crippen molar-refractivity contribution in [1.29, 1.82) is 0 Å². The fraction of sp³-hybridized carbons (Fsp3) is 0.188. The van der Waals surface area contributed by atoms with Crippen LogP contribution in [0.25, 0.3) is 0 Å². The van der Waals surface area contributed by atoms with Crippen molar-refractivity contribution in [3.63, 3.8) is 0 Å². The van der Waals surface area contributed by atoms with E-state index in [1.54, 1.807) is 57.2 Å². The summed E-state index contributed by atoms with van der Waals surface area (Å²) in [5.41, 5.74) is -0.0947. The molecule has 1 aliphatic heterocycles. The fourth-order valence-corrected chi connectivity index (χ4v) is 6.84. The number of amides is 2. The number of anilines is 1. The summed E-state index contributed by atoms with van der Waals surface area (Å²) >= 11 is 0. The second-order valence-electron chi connectivity index (χ2n) is 10.7. The number of halogens is 1. The van der Waals surface area contributed by atoms with Gasteiger partial charge in [0, 0.05) is 5.56 Å². The highest BCUT2D eigenvalue weighted by Crippen LogP contribution is 2.67. The summed E-state index contributed by atoms with van der Waals surface area (Å²) in [7, 11) is -4.88. The molecule has 10 heteroatoms. The molecule has 1 heterocycles. The second kappa shape index (κ2) is 11.3. The maximum absolute atomic E-state index is 15.4. The molecule has 4 aromatic carbocycles. The predicted octanol–water partition coefficient (Wildman–Crippen LogP) is 7.40. The first-order valence-corrected chi connectivity index (χ1v) is 14.8. The molecule has 0 aromatic heterocycles. The number of hydrogen-bond acceptors (Lipinski definition) is 6. The number of carbonyl (C=O) groups is 2. The van der Waals surface area contributed by atoms with Crippen molar-refractivity contribution in [3.8, 4) is 11.5 Å². The Morgan fingerprint density at radius 2 is 1.38 bits per heavy atom. The molecule has 0 spiro atoms. The molecule has 1 N–H and O–H groups in total. The van der Waals surface area contributed by atoms with Crippen LogP contribution in [-0.4, -0.2) is 17.6 Å². The Hall–Kier alpha value is -4.62. The Bertz CT molecular complexity index is 1580. The zero-order chi connectivity index (χ0) is 30.0. The minimum absolute atomic E-state index is 0.0345. The predicted molar refractivity (Wildman–Crippen MR) is 157 cm³/mol. The lowest BCUT2D eigenvalue weighted by molar-refractivity contribution is -0.122. The van der Waals surface area contributed by atoms with E-state index in [-0.39, 0.29) is 29.3 Å². The summed E-state index contributed by atoms with van der Waals surface area (Å²) < 4.78 is 48.1. The standard InChI is InChI=1S/C32H30FN2O6P/c1-31(2,3)39-30(37)34-32(42(38,40-25-15-9-5-10-16-25)41-26-17-11-6-12-18-26)27-21-24(33)19-20-28(27)35(29(32)36)22-23-13-7-4-8-14-23/h4-21H,22H2,1-3H3,(H,34,37)/t32-/m1/s1. The summed E-state index contributed by atoms with van der Waals surface area (Å²) in [5.74, 6) is -1.35. The SMILES string of the molecule is CC(C)(C)OC(=O)N[C@]1(P(=O)(Oc2ccccc2)Oc2ccccc2)C(=O)N(Cc2ccccc2)c2ccc(F)cc21. The van der Waals surface area contributed by atoms with Crippen LogP contribution >= 0.6 is 7.60 Å². The van der Waals surface area contributed by atoms with Gasteiger partial charge in [0.2, 0.25) is 0 Å². The number of carbonyl (C=O) groups excluding carboxylic acids is 2. The number of nitrogens with zero attached hydrogens (tertiary/aromatic N) is 1. The summed E-state index contributed by atoms with van der Waals surface area (Å²) in [6, 6.07) is 29.0. The van der Waals surface area contributed by atoms with E-state index in [2.05, 4.69) is 5.32 Å².